The summed E-state index contributed by atoms with van der Waals surface area (Å²) >= 11 is 0. The molecule has 3 nitrogen and oxygen atoms in total. The van der Waals surface area contributed by atoms with E-state index in [2.05, 4.69) is 32.1 Å². The van der Waals surface area contributed by atoms with Crippen LogP contribution >= 0.6 is 0 Å². The number of hydrogen-bond donors (Lipinski definition) is 0. The Labute approximate surface area is 163 Å². The molecule has 2 aromatic rings. The van der Waals surface area contributed by atoms with E-state index >= 15 is 0 Å². The Balaban J connectivity index is 2.15. The van der Waals surface area contributed by atoms with E-state index in [0.29, 0.717) is 18.1 Å². The Morgan fingerprint density at radius 2 is 1.78 bits per heavy atom. The molecule has 0 heterocycles. The van der Waals surface area contributed by atoms with Crippen LogP contribution < -0.4 is 9.47 Å². The van der Waals surface area contributed by atoms with Crippen LogP contribution in [-0.4, -0.2) is 13.7 Å². The zero-order chi connectivity index (χ0) is 19.3. The third-order valence-corrected chi connectivity index (χ3v) is 4.06. The number of aryl methyl sites for hydroxylation is 1. The molecule has 0 saturated carbocycles. The largest absolute Gasteiger partial charge is 0.493 e. The molecule has 2 rings (SSSR count). The first kappa shape index (κ1) is 20.6. The molecular weight excluding hydrogens is 336 g/mol. The zero-order valence-corrected chi connectivity index (χ0v) is 16.6. The molecule has 27 heavy (non-hydrogen) atoms. The van der Waals surface area contributed by atoms with Gasteiger partial charge in [0.15, 0.2) is 17.3 Å². The van der Waals surface area contributed by atoms with Gasteiger partial charge in [-0.3, -0.25) is 0 Å². The first-order chi connectivity index (χ1) is 13.3. The number of benzene rings is 2. The highest BCUT2D eigenvalue weighted by Crippen LogP contribution is 2.29. The first-order valence-corrected chi connectivity index (χ1v) is 9.65. The molecule has 0 unspecified atom stereocenters. The highest BCUT2D eigenvalue weighted by atomic mass is 16.5. The Bertz CT molecular complexity index is 733. The second-order valence-corrected chi connectivity index (χ2v) is 6.22. The van der Waals surface area contributed by atoms with Gasteiger partial charge in [-0.1, -0.05) is 68.8 Å². The molecule has 0 aliphatic heterocycles. The minimum Gasteiger partial charge on any atom is -0.493 e. The highest BCUT2D eigenvalue weighted by molar-refractivity contribution is 5.59. The number of allylic oxidation sites excluding steroid dienone is 1. The first-order valence-electron chi connectivity index (χ1n) is 9.65. The Kier molecular flexibility index (Phi) is 9.05. The lowest BCUT2D eigenvalue weighted by molar-refractivity contribution is 0.273. The van der Waals surface area contributed by atoms with Crippen LogP contribution in [0.5, 0.6) is 11.5 Å². The molecule has 0 bridgehead atoms. The van der Waals surface area contributed by atoms with E-state index in [9.17, 15) is 0 Å². The summed E-state index contributed by atoms with van der Waals surface area (Å²) in [5.74, 6) is 2.12. The van der Waals surface area contributed by atoms with E-state index < -0.39 is 0 Å². The maximum absolute atomic E-state index is 5.98. The normalized spacial score (nSPS) is 11.6. The van der Waals surface area contributed by atoms with E-state index in [0.717, 1.165) is 37.0 Å². The van der Waals surface area contributed by atoms with Gasteiger partial charge in [0, 0.05) is 5.56 Å². The van der Waals surface area contributed by atoms with E-state index in [1.165, 1.54) is 5.56 Å². The molecule has 0 amide bonds. The monoisotopic (exact) mass is 366 g/mol. The van der Waals surface area contributed by atoms with E-state index in [1.807, 2.05) is 42.5 Å². The standard InChI is InChI=1S/C24H30O3/c1-4-6-7-11-17-26-24(21-13-9-8-10-14-21)19-27-22-16-15-20(12-5-2)18-23(22)25-3/h6-10,13-16,18-19H,4-5,11-12,17H2,1-3H3/b7-6-,24-19?. The van der Waals surface area contributed by atoms with Gasteiger partial charge in [0.25, 0.3) is 0 Å². The molecule has 0 saturated heterocycles. The average Bonchev–Trinajstić information content (AvgIpc) is 2.71. The summed E-state index contributed by atoms with van der Waals surface area (Å²) in [7, 11) is 1.66. The van der Waals surface area contributed by atoms with Crippen molar-refractivity contribution in [3.05, 3.63) is 78.1 Å². The minimum atomic E-state index is 0.604. The highest BCUT2D eigenvalue weighted by Gasteiger charge is 2.08. The van der Waals surface area contributed by atoms with E-state index in [4.69, 9.17) is 14.2 Å². The van der Waals surface area contributed by atoms with Crippen molar-refractivity contribution in [2.45, 2.75) is 39.5 Å². The SMILES string of the molecule is CC/C=C\CCOC(=COc1ccc(CCC)cc1OC)c1ccccc1. The van der Waals surface area contributed by atoms with Gasteiger partial charge < -0.3 is 14.2 Å². The summed E-state index contributed by atoms with van der Waals surface area (Å²) in [6, 6.07) is 16.1. The van der Waals surface area contributed by atoms with Crippen LogP contribution in [0.15, 0.2) is 66.9 Å². The fourth-order valence-electron chi connectivity index (χ4n) is 2.68. The molecule has 0 fully saturated rings. The molecular formula is C24H30O3. The van der Waals surface area contributed by atoms with Gasteiger partial charge in [-0.15, -0.1) is 0 Å². The fraction of sp³-hybridized carbons (Fsp3) is 0.333. The van der Waals surface area contributed by atoms with Crippen molar-refractivity contribution in [2.75, 3.05) is 13.7 Å². The molecule has 0 atom stereocenters. The van der Waals surface area contributed by atoms with Gasteiger partial charge >= 0.3 is 0 Å². The molecule has 144 valence electrons. The number of methoxy groups -OCH3 is 1. The van der Waals surface area contributed by atoms with Crippen LogP contribution in [0.2, 0.25) is 0 Å². The summed E-state index contributed by atoms with van der Waals surface area (Å²) in [6.07, 6.45) is 9.98. The fourth-order valence-corrected chi connectivity index (χ4v) is 2.68. The summed E-state index contributed by atoms with van der Waals surface area (Å²) in [5.41, 5.74) is 2.23. The lowest BCUT2D eigenvalue weighted by atomic mass is 10.1. The van der Waals surface area contributed by atoms with Gasteiger partial charge in [0.2, 0.25) is 0 Å². The van der Waals surface area contributed by atoms with Crippen LogP contribution in [0.25, 0.3) is 5.76 Å². The van der Waals surface area contributed by atoms with Crippen LogP contribution in [0.3, 0.4) is 0 Å². The summed E-state index contributed by atoms with van der Waals surface area (Å²) in [5, 5.41) is 0. The van der Waals surface area contributed by atoms with Crippen molar-refractivity contribution in [1.82, 2.24) is 0 Å². The second-order valence-electron chi connectivity index (χ2n) is 6.22. The van der Waals surface area contributed by atoms with Crippen molar-refractivity contribution < 1.29 is 14.2 Å². The van der Waals surface area contributed by atoms with Gasteiger partial charge in [-0.2, -0.15) is 0 Å². The summed E-state index contributed by atoms with van der Waals surface area (Å²) in [6.45, 7) is 4.89. The van der Waals surface area contributed by atoms with Crippen molar-refractivity contribution in [3.8, 4) is 11.5 Å². The predicted octanol–water partition coefficient (Wildman–Crippen LogP) is 6.40. The zero-order valence-electron chi connectivity index (χ0n) is 16.6. The van der Waals surface area contributed by atoms with Crippen LogP contribution in [0.1, 0.15) is 44.2 Å². The van der Waals surface area contributed by atoms with E-state index in [1.54, 1.807) is 13.4 Å². The molecule has 0 aromatic heterocycles. The van der Waals surface area contributed by atoms with Crippen LogP contribution in [0, 0.1) is 0 Å². The van der Waals surface area contributed by atoms with Crippen LogP contribution in [0.4, 0.5) is 0 Å². The topological polar surface area (TPSA) is 27.7 Å². The lowest BCUT2D eigenvalue weighted by Crippen LogP contribution is -1.98. The molecule has 0 aliphatic rings. The Morgan fingerprint density at radius 3 is 2.48 bits per heavy atom. The van der Waals surface area contributed by atoms with Gasteiger partial charge in [0.1, 0.15) is 6.26 Å². The van der Waals surface area contributed by atoms with Crippen molar-refractivity contribution in [2.24, 2.45) is 0 Å². The van der Waals surface area contributed by atoms with Gasteiger partial charge in [-0.05, 0) is 37.0 Å². The summed E-state index contributed by atoms with van der Waals surface area (Å²) < 4.78 is 17.4. The van der Waals surface area contributed by atoms with Gasteiger partial charge in [-0.25, -0.2) is 0 Å². The summed E-state index contributed by atoms with van der Waals surface area (Å²) in [4.78, 5) is 0. The molecule has 2 aromatic carbocycles. The van der Waals surface area contributed by atoms with Crippen molar-refractivity contribution >= 4 is 5.76 Å². The van der Waals surface area contributed by atoms with Crippen molar-refractivity contribution in [1.29, 1.82) is 0 Å². The minimum absolute atomic E-state index is 0.604. The maximum Gasteiger partial charge on any atom is 0.168 e. The number of hydrogen-bond acceptors (Lipinski definition) is 3. The molecule has 0 N–H and O–H groups in total. The molecule has 0 radical (unpaired) electrons. The molecule has 3 heteroatoms. The van der Waals surface area contributed by atoms with E-state index in [-0.39, 0.29) is 0 Å². The third kappa shape index (κ3) is 6.86. The average molecular weight is 367 g/mol. The quantitative estimate of drug-likeness (QED) is 0.262. The number of ether oxygens (including phenoxy) is 3. The Morgan fingerprint density at radius 1 is 0.963 bits per heavy atom. The third-order valence-electron chi connectivity index (χ3n) is 4.06. The van der Waals surface area contributed by atoms with Crippen molar-refractivity contribution in [3.63, 3.8) is 0 Å². The molecule has 0 spiro atoms. The predicted molar refractivity (Wildman–Crippen MR) is 112 cm³/mol. The lowest BCUT2D eigenvalue weighted by Gasteiger charge is -2.13. The maximum atomic E-state index is 5.98. The Hall–Kier alpha value is -2.68. The molecule has 0 aliphatic carbocycles. The second kappa shape index (κ2) is 11.8. The number of rotatable bonds is 11. The van der Waals surface area contributed by atoms with Crippen LogP contribution in [-0.2, 0) is 11.2 Å². The smallest absolute Gasteiger partial charge is 0.168 e. The van der Waals surface area contributed by atoms with Gasteiger partial charge in [0.05, 0.1) is 13.7 Å².